The predicted octanol–water partition coefficient (Wildman–Crippen LogP) is 9.26. The van der Waals surface area contributed by atoms with Crippen molar-refractivity contribution in [3.05, 3.63) is 111 Å². The number of hydrogen-bond acceptors (Lipinski definition) is 1. The summed E-state index contributed by atoms with van der Waals surface area (Å²) in [5.74, 6) is -11.9. The molecule has 40 heavy (non-hydrogen) atoms. The second-order valence-corrected chi connectivity index (χ2v) is 9.08. The molecule has 4 rings (SSSR count). The van der Waals surface area contributed by atoms with Crippen molar-refractivity contribution in [2.45, 2.75) is 43.9 Å². The summed E-state index contributed by atoms with van der Waals surface area (Å²) in [6.07, 6.45) is -16.1. The van der Waals surface area contributed by atoms with Crippen LogP contribution in [0.3, 0.4) is 0 Å². The Hall–Kier alpha value is -3.64. The Kier molecular flexibility index (Phi) is 7.63. The predicted molar refractivity (Wildman–Crippen MR) is 119 cm³/mol. The van der Waals surface area contributed by atoms with Crippen molar-refractivity contribution >= 4 is 5.57 Å². The zero-order valence-corrected chi connectivity index (χ0v) is 20.0. The average Bonchev–Trinajstić information content (AvgIpc) is 2.76. The fourth-order valence-electron chi connectivity index (χ4n) is 4.43. The van der Waals surface area contributed by atoms with Gasteiger partial charge in [-0.25, -0.2) is 30.7 Å². The molecule has 0 aliphatic heterocycles. The third-order valence-electron chi connectivity index (χ3n) is 6.20. The topological polar surface area (TPSA) is 9.23 Å². The third kappa shape index (κ3) is 5.64. The number of allylic oxidation sites excluding steroid dienone is 8. The highest BCUT2D eigenvalue weighted by atomic mass is 19.4. The van der Waals surface area contributed by atoms with Gasteiger partial charge in [-0.05, 0) is 54.0 Å². The summed E-state index contributed by atoms with van der Waals surface area (Å²) >= 11 is 0. The van der Waals surface area contributed by atoms with Crippen LogP contribution in [0.15, 0.2) is 71.5 Å². The SMILES string of the molecule is Cc1ccc(C2=CC(F)C(c3cc(F)c(C(F)(F)OC4=CC(F)=C(C(F)(F)F)C(F)C4)c(F)c3)C(F)=C2)c(F)c1. The van der Waals surface area contributed by atoms with Gasteiger partial charge in [-0.15, -0.1) is 0 Å². The van der Waals surface area contributed by atoms with E-state index in [0.717, 1.165) is 18.2 Å². The van der Waals surface area contributed by atoms with E-state index in [1.807, 2.05) is 0 Å². The highest BCUT2D eigenvalue weighted by molar-refractivity contribution is 5.77. The Morgan fingerprint density at radius 3 is 1.98 bits per heavy atom. The molecule has 0 bridgehead atoms. The van der Waals surface area contributed by atoms with Crippen molar-refractivity contribution in [3.8, 4) is 0 Å². The molecule has 0 fully saturated rings. The molecule has 2 aromatic carbocycles. The van der Waals surface area contributed by atoms with E-state index in [0.29, 0.717) is 5.56 Å². The van der Waals surface area contributed by atoms with Crippen LogP contribution >= 0.6 is 0 Å². The van der Waals surface area contributed by atoms with Crippen LogP contribution in [0.1, 0.15) is 34.6 Å². The van der Waals surface area contributed by atoms with Gasteiger partial charge >= 0.3 is 12.3 Å². The second-order valence-electron chi connectivity index (χ2n) is 9.08. The standard InChI is InChI=1S/C27H16F12O/c1-11-2-3-15(16(28)4-11)12-5-17(29)23(18(30)6-12)13-7-19(31)25(20(32)8-13)27(38,39)40-14-9-21(33)24(22(34)10-14)26(35,36)37/h2-9,17,22-23H,10H2,1H3. The van der Waals surface area contributed by atoms with E-state index in [1.165, 1.54) is 12.1 Å². The van der Waals surface area contributed by atoms with Gasteiger partial charge in [0.15, 0.2) is 0 Å². The highest BCUT2D eigenvalue weighted by Crippen LogP contribution is 2.45. The molecule has 0 amide bonds. The minimum atomic E-state index is -5.45. The van der Waals surface area contributed by atoms with Crippen LogP contribution < -0.4 is 0 Å². The van der Waals surface area contributed by atoms with Crippen LogP contribution in [0.25, 0.3) is 5.57 Å². The van der Waals surface area contributed by atoms with Crippen LogP contribution in [-0.2, 0) is 10.8 Å². The lowest BCUT2D eigenvalue weighted by molar-refractivity contribution is -0.230. The second kappa shape index (κ2) is 10.4. The van der Waals surface area contributed by atoms with E-state index in [4.69, 9.17) is 0 Å². The number of rotatable bonds is 5. The summed E-state index contributed by atoms with van der Waals surface area (Å²) in [4.78, 5) is 0. The Bertz CT molecular complexity index is 1440. The van der Waals surface area contributed by atoms with Crippen LogP contribution in [-0.4, -0.2) is 18.5 Å². The number of benzene rings is 2. The molecular weight excluding hydrogens is 568 g/mol. The van der Waals surface area contributed by atoms with Gasteiger partial charge in [0.1, 0.15) is 58.3 Å². The van der Waals surface area contributed by atoms with E-state index < -0.39 is 88.5 Å². The summed E-state index contributed by atoms with van der Waals surface area (Å²) in [6.45, 7) is 1.58. The molecule has 2 aromatic rings. The molecule has 0 saturated carbocycles. The number of hydrogen-bond donors (Lipinski definition) is 0. The lowest BCUT2D eigenvalue weighted by Crippen LogP contribution is -2.28. The molecule has 0 saturated heterocycles. The van der Waals surface area contributed by atoms with Crippen molar-refractivity contribution in [3.63, 3.8) is 0 Å². The van der Waals surface area contributed by atoms with E-state index in [2.05, 4.69) is 4.74 Å². The largest absolute Gasteiger partial charge is 0.433 e. The summed E-state index contributed by atoms with van der Waals surface area (Å²) in [5, 5.41) is 0. The van der Waals surface area contributed by atoms with Crippen molar-refractivity contribution in [2.24, 2.45) is 0 Å². The Morgan fingerprint density at radius 1 is 0.825 bits per heavy atom. The van der Waals surface area contributed by atoms with Crippen molar-refractivity contribution in [1.82, 2.24) is 0 Å². The van der Waals surface area contributed by atoms with Gasteiger partial charge < -0.3 is 4.74 Å². The monoisotopic (exact) mass is 584 g/mol. The van der Waals surface area contributed by atoms with Crippen LogP contribution in [0, 0.1) is 24.4 Å². The summed E-state index contributed by atoms with van der Waals surface area (Å²) < 4.78 is 173. The molecule has 2 aliphatic carbocycles. The first-order valence-electron chi connectivity index (χ1n) is 11.4. The lowest BCUT2D eigenvalue weighted by Gasteiger charge is -2.27. The normalized spacial score (nSPS) is 22.1. The molecule has 0 N–H and O–H groups in total. The van der Waals surface area contributed by atoms with E-state index in [9.17, 15) is 52.7 Å². The minimum Gasteiger partial charge on any atom is -0.433 e. The van der Waals surface area contributed by atoms with Gasteiger partial charge in [-0.2, -0.15) is 22.0 Å². The average molecular weight is 584 g/mol. The molecular formula is C27H16F12O. The first-order chi connectivity index (χ1) is 18.5. The molecule has 3 atom stereocenters. The molecule has 0 heterocycles. The highest BCUT2D eigenvalue weighted by Gasteiger charge is 2.47. The smallest absolute Gasteiger partial charge is 0.432 e. The van der Waals surface area contributed by atoms with E-state index in [1.54, 1.807) is 6.92 Å². The van der Waals surface area contributed by atoms with Gasteiger partial charge in [0.05, 0.1) is 5.92 Å². The zero-order chi connectivity index (χ0) is 29.7. The number of aryl methyl sites for hydroxylation is 1. The first-order valence-corrected chi connectivity index (χ1v) is 11.4. The van der Waals surface area contributed by atoms with E-state index in [-0.39, 0.29) is 29.3 Å². The fraction of sp³-hybridized carbons (Fsp3) is 0.259. The van der Waals surface area contributed by atoms with Crippen LogP contribution in [0.5, 0.6) is 0 Å². The molecule has 0 radical (unpaired) electrons. The summed E-state index contributed by atoms with van der Waals surface area (Å²) in [5.41, 5.74) is -4.99. The fourth-order valence-corrected chi connectivity index (χ4v) is 4.43. The van der Waals surface area contributed by atoms with Gasteiger partial charge in [0.25, 0.3) is 0 Å². The minimum absolute atomic E-state index is 0.160. The molecule has 13 heteroatoms. The lowest BCUT2D eigenvalue weighted by atomic mass is 9.85. The Morgan fingerprint density at radius 2 is 1.45 bits per heavy atom. The number of halogens is 12. The molecule has 0 spiro atoms. The molecule has 0 aromatic heterocycles. The van der Waals surface area contributed by atoms with E-state index >= 15 is 0 Å². The summed E-state index contributed by atoms with van der Waals surface area (Å²) in [7, 11) is 0. The first kappa shape index (κ1) is 29.3. The van der Waals surface area contributed by atoms with Gasteiger partial charge in [-0.3, -0.25) is 0 Å². The molecule has 2 aliphatic rings. The third-order valence-corrected chi connectivity index (χ3v) is 6.20. The Labute approximate surface area is 218 Å². The maximum Gasteiger partial charge on any atom is 0.432 e. The maximum absolute atomic E-state index is 15.0. The van der Waals surface area contributed by atoms with Crippen molar-refractivity contribution in [2.75, 3.05) is 0 Å². The van der Waals surface area contributed by atoms with Gasteiger partial charge in [0, 0.05) is 18.1 Å². The summed E-state index contributed by atoms with van der Waals surface area (Å²) in [6, 6.07) is 4.22. The molecule has 1 nitrogen and oxygen atoms in total. The molecule has 3 unspecified atom stereocenters. The quantitative estimate of drug-likeness (QED) is 0.319. The number of alkyl halides is 7. The van der Waals surface area contributed by atoms with Crippen LogP contribution in [0.2, 0.25) is 0 Å². The maximum atomic E-state index is 15.0. The zero-order valence-electron chi connectivity index (χ0n) is 20.0. The number of ether oxygens (including phenoxy) is 1. The van der Waals surface area contributed by atoms with Crippen LogP contribution in [0.4, 0.5) is 52.7 Å². The van der Waals surface area contributed by atoms with Crippen molar-refractivity contribution in [1.29, 1.82) is 0 Å². The van der Waals surface area contributed by atoms with Crippen molar-refractivity contribution < 1.29 is 57.4 Å². The van der Waals surface area contributed by atoms with Gasteiger partial charge in [0.2, 0.25) is 0 Å². The van der Waals surface area contributed by atoms with Gasteiger partial charge in [-0.1, -0.05) is 12.1 Å². The molecule has 214 valence electrons. The Balaban J connectivity index is 1.63.